The lowest BCUT2D eigenvalue weighted by atomic mass is 9.89. The first-order chi connectivity index (χ1) is 9.70. The summed E-state index contributed by atoms with van der Waals surface area (Å²) in [6, 6.07) is 0. The molecule has 0 bridgehead atoms. The van der Waals surface area contributed by atoms with Gasteiger partial charge in [0.05, 0.1) is 0 Å². The highest BCUT2D eigenvalue weighted by Crippen LogP contribution is 2.26. The lowest BCUT2D eigenvalue weighted by molar-refractivity contribution is 0.0948. The van der Waals surface area contributed by atoms with Gasteiger partial charge in [-0.3, -0.25) is 4.79 Å². The predicted octanol–water partition coefficient (Wildman–Crippen LogP) is 2.86. The van der Waals surface area contributed by atoms with Gasteiger partial charge in [0.1, 0.15) is 10.7 Å². The molecule has 0 spiro atoms. The van der Waals surface area contributed by atoms with Crippen LogP contribution < -0.4 is 16.4 Å². The van der Waals surface area contributed by atoms with Crippen molar-refractivity contribution in [1.29, 1.82) is 0 Å². The maximum atomic E-state index is 12.1. The summed E-state index contributed by atoms with van der Waals surface area (Å²) >= 11 is 1.33. The Labute approximate surface area is 124 Å². The molecule has 1 aromatic rings. The van der Waals surface area contributed by atoms with Gasteiger partial charge in [0.25, 0.3) is 5.91 Å². The summed E-state index contributed by atoms with van der Waals surface area (Å²) in [4.78, 5) is 16.9. The van der Waals surface area contributed by atoms with E-state index in [1.165, 1.54) is 43.4 Å². The van der Waals surface area contributed by atoms with Crippen molar-refractivity contribution in [2.75, 3.05) is 24.1 Å². The second-order valence-corrected chi connectivity index (χ2v) is 6.37. The number of nitrogens with zero attached hydrogens (tertiary/aromatic N) is 1. The third-order valence-electron chi connectivity index (χ3n) is 3.66. The quantitative estimate of drug-likeness (QED) is 0.754. The van der Waals surface area contributed by atoms with Crippen molar-refractivity contribution in [2.24, 2.45) is 5.92 Å². The molecule has 2 rings (SSSR count). The third-order valence-corrected chi connectivity index (χ3v) is 4.69. The summed E-state index contributed by atoms with van der Waals surface area (Å²) in [5.41, 5.74) is 5.82. The lowest BCUT2D eigenvalue weighted by Gasteiger charge is -2.21. The van der Waals surface area contributed by atoms with Crippen LogP contribution in [0, 0.1) is 5.92 Å². The highest BCUT2D eigenvalue weighted by atomic mass is 32.1. The number of anilines is 2. The van der Waals surface area contributed by atoms with Crippen molar-refractivity contribution in [2.45, 2.75) is 45.4 Å². The molecule has 0 saturated heterocycles. The van der Waals surface area contributed by atoms with E-state index < -0.39 is 0 Å². The fourth-order valence-electron chi connectivity index (χ4n) is 2.51. The Morgan fingerprint density at radius 2 is 2.15 bits per heavy atom. The number of hydrogen-bond donors (Lipinski definition) is 3. The van der Waals surface area contributed by atoms with Crippen LogP contribution in [0.25, 0.3) is 0 Å². The Bertz CT molecular complexity index is 440. The molecule has 20 heavy (non-hydrogen) atoms. The van der Waals surface area contributed by atoms with Gasteiger partial charge in [0.15, 0.2) is 5.13 Å². The number of nitrogens with two attached hydrogens (primary N) is 1. The third kappa shape index (κ3) is 4.10. The number of nitrogen functional groups attached to an aromatic ring is 1. The number of nitrogens with one attached hydrogen (secondary N) is 2. The molecule has 0 radical (unpaired) electrons. The molecule has 6 heteroatoms. The highest BCUT2D eigenvalue weighted by Gasteiger charge is 2.18. The van der Waals surface area contributed by atoms with E-state index in [2.05, 4.69) is 22.5 Å². The molecular weight excluding hydrogens is 272 g/mol. The zero-order valence-electron chi connectivity index (χ0n) is 12.1. The predicted molar refractivity (Wildman–Crippen MR) is 84.2 cm³/mol. The molecule has 1 aliphatic carbocycles. The smallest absolute Gasteiger partial charge is 0.265 e. The average molecular weight is 296 g/mol. The van der Waals surface area contributed by atoms with E-state index in [1.54, 1.807) is 0 Å². The molecule has 1 fully saturated rings. The summed E-state index contributed by atoms with van der Waals surface area (Å²) in [7, 11) is 0. The average Bonchev–Trinajstić information content (AvgIpc) is 2.85. The van der Waals surface area contributed by atoms with Crippen molar-refractivity contribution < 1.29 is 4.79 Å². The molecule has 112 valence electrons. The van der Waals surface area contributed by atoms with Crippen LogP contribution in [-0.4, -0.2) is 24.0 Å². The van der Waals surface area contributed by atoms with Gasteiger partial charge < -0.3 is 16.4 Å². The molecule has 0 aliphatic heterocycles. The summed E-state index contributed by atoms with van der Waals surface area (Å²) in [5.74, 6) is 0.865. The van der Waals surface area contributed by atoms with E-state index in [4.69, 9.17) is 5.73 Å². The van der Waals surface area contributed by atoms with Crippen molar-refractivity contribution in [3.05, 3.63) is 4.88 Å². The Morgan fingerprint density at radius 1 is 1.40 bits per heavy atom. The van der Waals surface area contributed by atoms with Crippen LogP contribution in [0.15, 0.2) is 0 Å². The van der Waals surface area contributed by atoms with Gasteiger partial charge in [-0.25, -0.2) is 4.98 Å². The zero-order chi connectivity index (χ0) is 14.4. The Balaban J connectivity index is 1.86. The molecule has 0 atom stereocenters. The normalized spacial score (nSPS) is 16.1. The monoisotopic (exact) mass is 296 g/mol. The van der Waals surface area contributed by atoms with E-state index in [1.807, 2.05) is 0 Å². The van der Waals surface area contributed by atoms with Gasteiger partial charge in [-0.15, -0.1) is 0 Å². The van der Waals surface area contributed by atoms with E-state index in [-0.39, 0.29) is 5.91 Å². The number of thiazole rings is 1. The molecule has 0 unspecified atom stereocenters. The fraction of sp³-hybridized carbons (Fsp3) is 0.714. The second kappa shape index (κ2) is 7.47. The van der Waals surface area contributed by atoms with Crippen LogP contribution in [-0.2, 0) is 0 Å². The van der Waals surface area contributed by atoms with E-state index in [9.17, 15) is 4.79 Å². The van der Waals surface area contributed by atoms with E-state index in [0.29, 0.717) is 16.6 Å². The minimum absolute atomic E-state index is 0.0879. The van der Waals surface area contributed by atoms with Gasteiger partial charge in [-0.05, 0) is 25.2 Å². The molecule has 5 nitrogen and oxygen atoms in total. The topological polar surface area (TPSA) is 80.0 Å². The maximum Gasteiger partial charge on any atom is 0.265 e. The van der Waals surface area contributed by atoms with Crippen molar-refractivity contribution in [3.8, 4) is 0 Å². The summed E-state index contributed by atoms with van der Waals surface area (Å²) in [5, 5.41) is 6.89. The lowest BCUT2D eigenvalue weighted by Crippen LogP contribution is -2.30. The van der Waals surface area contributed by atoms with E-state index >= 15 is 0 Å². The summed E-state index contributed by atoms with van der Waals surface area (Å²) in [6.45, 7) is 3.69. The van der Waals surface area contributed by atoms with Crippen LogP contribution in [0.5, 0.6) is 0 Å². The number of amides is 1. The first-order valence-electron chi connectivity index (χ1n) is 7.49. The number of carbonyl (C=O) groups is 1. The molecule has 0 aromatic carbocycles. The SMILES string of the molecule is CCCNc1nc(N)c(C(=O)NCC2CCCCC2)s1. The minimum Gasteiger partial charge on any atom is -0.382 e. The summed E-state index contributed by atoms with van der Waals surface area (Å²) < 4.78 is 0. The Hall–Kier alpha value is -1.30. The van der Waals surface area contributed by atoms with Crippen LogP contribution in [0.4, 0.5) is 10.9 Å². The van der Waals surface area contributed by atoms with Gasteiger partial charge in [0, 0.05) is 13.1 Å². The molecule has 4 N–H and O–H groups in total. The van der Waals surface area contributed by atoms with Gasteiger partial charge in [-0.1, -0.05) is 37.5 Å². The number of carbonyl (C=O) groups excluding carboxylic acids is 1. The first-order valence-corrected chi connectivity index (χ1v) is 8.30. The zero-order valence-corrected chi connectivity index (χ0v) is 12.9. The largest absolute Gasteiger partial charge is 0.382 e. The molecule has 1 amide bonds. The summed E-state index contributed by atoms with van der Waals surface area (Å²) in [6.07, 6.45) is 7.37. The number of hydrogen-bond acceptors (Lipinski definition) is 5. The van der Waals surface area contributed by atoms with E-state index in [0.717, 1.165) is 24.6 Å². The van der Waals surface area contributed by atoms with Gasteiger partial charge >= 0.3 is 0 Å². The van der Waals surface area contributed by atoms with Crippen LogP contribution in [0.3, 0.4) is 0 Å². The molecule has 1 saturated carbocycles. The number of rotatable bonds is 6. The minimum atomic E-state index is -0.0879. The maximum absolute atomic E-state index is 12.1. The van der Waals surface area contributed by atoms with Crippen LogP contribution in [0.2, 0.25) is 0 Å². The first kappa shape index (κ1) is 15.1. The molecule has 1 aliphatic rings. The van der Waals surface area contributed by atoms with Gasteiger partial charge in [-0.2, -0.15) is 0 Å². The van der Waals surface area contributed by atoms with Crippen molar-refractivity contribution in [3.63, 3.8) is 0 Å². The Kier molecular flexibility index (Phi) is 5.64. The van der Waals surface area contributed by atoms with Crippen LogP contribution >= 0.6 is 11.3 Å². The molecule has 1 heterocycles. The molecule has 1 aromatic heterocycles. The standard InChI is InChI=1S/C14H24N4OS/c1-2-8-16-14-18-12(15)11(20-14)13(19)17-9-10-6-4-3-5-7-10/h10H,2-9,15H2,1H3,(H,16,18)(H,17,19). The second-order valence-electron chi connectivity index (χ2n) is 5.37. The highest BCUT2D eigenvalue weighted by molar-refractivity contribution is 7.18. The number of aromatic nitrogens is 1. The van der Waals surface area contributed by atoms with Crippen molar-refractivity contribution >= 4 is 28.2 Å². The van der Waals surface area contributed by atoms with Crippen molar-refractivity contribution in [1.82, 2.24) is 10.3 Å². The van der Waals surface area contributed by atoms with Gasteiger partial charge in [0.2, 0.25) is 0 Å². The van der Waals surface area contributed by atoms with Crippen LogP contribution in [0.1, 0.15) is 55.1 Å². The Morgan fingerprint density at radius 3 is 2.85 bits per heavy atom. The fourth-order valence-corrected chi connectivity index (χ4v) is 3.34. The molecular formula is C14H24N4OS.